The molecule has 0 bridgehead atoms. The molecule has 7 nitrogen and oxygen atoms in total. The lowest BCUT2D eigenvalue weighted by Gasteiger charge is -2.35. The fraction of sp³-hybridized carbons (Fsp3) is 0.368. The van der Waals surface area contributed by atoms with E-state index in [-0.39, 0.29) is 11.8 Å². The fourth-order valence-corrected chi connectivity index (χ4v) is 3.71. The molecule has 2 amide bonds. The maximum Gasteiger partial charge on any atom is 0.256 e. The summed E-state index contributed by atoms with van der Waals surface area (Å²) < 4.78 is 0. The second kappa shape index (κ2) is 7.52. The average Bonchev–Trinajstić information content (AvgIpc) is 3.14. The van der Waals surface area contributed by atoms with Gasteiger partial charge in [-0.25, -0.2) is 9.97 Å². The summed E-state index contributed by atoms with van der Waals surface area (Å²) in [5, 5.41) is 0.521. The highest BCUT2D eigenvalue weighted by molar-refractivity contribution is 6.31. The molecular formula is C19H20ClN5O2. The van der Waals surface area contributed by atoms with Gasteiger partial charge in [-0.05, 0) is 30.7 Å². The van der Waals surface area contributed by atoms with Crippen LogP contribution in [0.3, 0.4) is 0 Å². The monoisotopic (exact) mass is 385 g/mol. The fourth-order valence-electron chi connectivity index (χ4n) is 3.55. The molecule has 0 unspecified atom stereocenters. The van der Waals surface area contributed by atoms with Crippen LogP contribution in [0.15, 0.2) is 36.7 Å². The Morgan fingerprint density at radius 3 is 2.44 bits per heavy atom. The summed E-state index contributed by atoms with van der Waals surface area (Å²) in [4.78, 5) is 39.4. The number of nitrogens with zero attached hydrogens (tertiary/aromatic N) is 5. The first-order valence-electron chi connectivity index (χ1n) is 9.04. The highest BCUT2D eigenvalue weighted by Crippen LogP contribution is 2.30. The molecule has 0 radical (unpaired) electrons. The van der Waals surface area contributed by atoms with E-state index in [1.54, 1.807) is 41.6 Å². The molecule has 1 aromatic carbocycles. The number of carbonyl (C=O) groups excluding carboxylic acids is 2. The molecule has 0 spiro atoms. The number of carbonyl (C=O) groups is 2. The molecule has 2 fully saturated rings. The highest BCUT2D eigenvalue weighted by atomic mass is 35.5. The summed E-state index contributed by atoms with van der Waals surface area (Å²) in [6.45, 7) is 3.11. The molecule has 0 atom stereocenters. The number of hydrogen-bond donors (Lipinski definition) is 0. The van der Waals surface area contributed by atoms with Gasteiger partial charge >= 0.3 is 0 Å². The Morgan fingerprint density at radius 1 is 1.04 bits per heavy atom. The first-order chi connectivity index (χ1) is 13.1. The van der Waals surface area contributed by atoms with Gasteiger partial charge in [0, 0.05) is 56.6 Å². The molecule has 2 aliphatic rings. The van der Waals surface area contributed by atoms with E-state index in [4.69, 9.17) is 11.6 Å². The van der Waals surface area contributed by atoms with Crippen molar-refractivity contribution in [1.82, 2.24) is 14.9 Å². The lowest BCUT2D eigenvalue weighted by molar-refractivity contribution is -0.117. The number of rotatable bonds is 3. The smallest absolute Gasteiger partial charge is 0.256 e. The van der Waals surface area contributed by atoms with Crippen LogP contribution in [0.5, 0.6) is 0 Å². The second-order valence-corrected chi connectivity index (χ2v) is 7.07. The average molecular weight is 386 g/mol. The van der Waals surface area contributed by atoms with E-state index in [2.05, 4.69) is 14.9 Å². The minimum Gasteiger partial charge on any atom is -0.337 e. The Morgan fingerprint density at radius 2 is 1.78 bits per heavy atom. The van der Waals surface area contributed by atoms with Gasteiger partial charge in [-0.1, -0.05) is 11.6 Å². The Bertz CT molecular complexity index is 852. The lowest BCUT2D eigenvalue weighted by Crippen LogP contribution is -2.49. The van der Waals surface area contributed by atoms with Crippen molar-refractivity contribution in [2.75, 3.05) is 42.5 Å². The third kappa shape index (κ3) is 3.60. The van der Waals surface area contributed by atoms with Gasteiger partial charge in [0.1, 0.15) is 0 Å². The number of halogens is 1. The van der Waals surface area contributed by atoms with Crippen molar-refractivity contribution >= 4 is 35.1 Å². The summed E-state index contributed by atoms with van der Waals surface area (Å²) in [7, 11) is 0. The predicted octanol–water partition coefficient (Wildman–Crippen LogP) is 2.22. The van der Waals surface area contributed by atoms with Gasteiger partial charge in [-0.15, -0.1) is 0 Å². The molecule has 1 aromatic heterocycles. The van der Waals surface area contributed by atoms with Crippen molar-refractivity contribution in [2.45, 2.75) is 12.8 Å². The Hall–Kier alpha value is -2.67. The molecule has 4 rings (SSSR count). The van der Waals surface area contributed by atoms with Crippen molar-refractivity contribution in [3.8, 4) is 0 Å². The first kappa shape index (κ1) is 17.7. The molecule has 8 heteroatoms. The number of benzene rings is 1. The molecule has 140 valence electrons. The van der Waals surface area contributed by atoms with Crippen LogP contribution in [-0.4, -0.2) is 59.4 Å². The van der Waals surface area contributed by atoms with Crippen LogP contribution in [0.4, 0.5) is 11.6 Å². The van der Waals surface area contributed by atoms with Gasteiger partial charge < -0.3 is 14.7 Å². The lowest BCUT2D eigenvalue weighted by atomic mass is 10.1. The molecule has 2 saturated heterocycles. The molecular weight excluding hydrogens is 366 g/mol. The summed E-state index contributed by atoms with van der Waals surface area (Å²) >= 11 is 6.14. The zero-order valence-electron chi connectivity index (χ0n) is 14.8. The third-order valence-electron chi connectivity index (χ3n) is 4.96. The quantitative estimate of drug-likeness (QED) is 0.810. The highest BCUT2D eigenvalue weighted by Gasteiger charge is 2.29. The Balaban J connectivity index is 1.51. The topological polar surface area (TPSA) is 69.6 Å². The largest absolute Gasteiger partial charge is 0.337 e. The van der Waals surface area contributed by atoms with Crippen LogP contribution in [0, 0.1) is 0 Å². The van der Waals surface area contributed by atoms with Crippen molar-refractivity contribution in [3.63, 3.8) is 0 Å². The number of piperazine rings is 1. The summed E-state index contributed by atoms with van der Waals surface area (Å²) in [6, 6.07) is 6.92. The second-order valence-electron chi connectivity index (χ2n) is 6.64. The van der Waals surface area contributed by atoms with E-state index < -0.39 is 0 Å². The minimum atomic E-state index is -0.0741. The predicted molar refractivity (Wildman–Crippen MR) is 103 cm³/mol. The zero-order valence-corrected chi connectivity index (χ0v) is 15.6. The molecule has 0 N–H and O–H groups in total. The SMILES string of the molecule is O=C(c1ccc(Cl)cc1N1CCCC1=O)N1CCN(c2ncccn2)CC1. The summed E-state index contributed by atoms with van der Waals surface area (Å²) in [6.07, 6.45) is 4.74. The number of aromatic nitrogens is 2. The van der Waals surface area contributed by atoms with E-state index in [1.807, 2.05) is 4.90 Å². The maximum absolute atomic E-state index is 13.1. The normalized spacial score (nSPS) is 17.5. The van der Waals surface area contributed by atoms with Gasteiger partial charge in [-0.2, -0.15) is 0 Å². The van der Waals surface area contributed by atoms with Crippen LogP contribution in [0.1, 0.15) is 23.2 Å². The molecule has 0 saturated carbocycles. The minimum absolute atomic E-state index is 0.0392. The van der Waals surface area contributed by atoms with Crippen molar-refractivity contribution in [1.29, 1.82) is 0 Å². The Kier molecular flexibility index (Phi) is 4.94. The zero-order chi connectivity index (χ0) is 18.8. The Labute approximate surface area is 162 Å². The summed E-state index contributed by atoms with van der Waals surface area (Å²) in [5.41, 5.74) is 1.14. The molecule has 27 heavy (non-hydrogen) atoms. The van der Waals surface area contributed by atoms with E-state index in [0.717, 1.165) is 6.42 Å². The van der Waals surface area contributed by atoms with Crippen LogP contribution in [0.2, 0.25) is 5.02 Å². The molecule has 2 aliphatic heterocycles. The van der Waals surface area contributed by atoms with Gasteiger partial charge in [0.25, 0.3) is 5.91 Å². The standard InChI is InChI=1S/C19H20ClN5O2/c20-14-4-5-15(16(13-14)25-8-1-3-17(25)26)18(27)23-9-11-24(12-10-23)19-21-6-2-7-22-19/h2,4-7,13H,1,3,8-12H2. The number of hydrogen-bond acceptors (Lipinski definition) is 5. The van der Waals surface area contributed by atoms with Gasteiger partial charge in [0.2, 0.25) is 11.9 Å². The van der Waals surface area contributed by atoms with Crippen LogP contribution < -0.4 is 9.80 Å². The first-order valence-corrected chi connectivity index (χ1v) is 9.42. The van der Waals surface area contributed by atoms with Gasteiger partial charge in [0.05, 0.1) is 11.3 Å². The van der Waals surface area contributed by atoms with Crippen molar-refractivity contribution in [2.24, 2.45) is 0 Å². The van der Waals surface area contributed by atoms with E-state index in [0.29, 0.717) is 61.4 Å². The van der Waals surface area contributed by atoms with Gasteiger partial charge in [0.15, 0.2) is 0 Å². The third-order valence-corrected chi connectivity index (χ3v) is 5.19. The van der Waals surface area contributed by atoms with Crippen LogP contribution >= 0.6 is 11.6 Å². The van der Waals surface area contributed by atoms with Crippen LogP contribution in [0.25, 0.3) is 0 Å². The van der Waals surface area contributed by atoms with Gasteiger partial charge in [-0.3, -0.25) is 9.59 Å². The summed E-state index contributed by atoms with van der Waals surface area (Å²) in [5.74, 6) is 0.645. The van der Waals surface area contributed by atoms with Crippen molar-refractivity contribution in [3.05, 3.63) is 47.2 Å². The van der Waals surface area contributed by atoms with Crippen molar-refractivity contribution < 1.29 is 9.59 Å². The van der Waals surface area contributed by atoms with E-state index in [1.165, 1.54) is 0 Å². The number of anilines is 2. The molecule has 2 aromatic rings. The van der Waals surface area contributed by atoms with Crippen LogP contribution in [-0.2, 0) is 4.79 Å². The number of amides is 2. The van der Waals surface area contributed by atoms with E-state index >= 15 is 0 Å². The van der Waals surface area contributed by atoms with E-state index in [9.17, 15) is 9.59 Å². The maximum atomic E-state index is 13.1. The molecule has 0 aliphatic carbocycles. The molecule has 3 heterocycles.